The van der Waals surface area contributed by atoms with Crippen LogP contribution in [0.4, 0.5) is 5.69 Å². The second kappa shape index (κ2) is 5.88. The molecule has 0 unspecified atom stereocenters. The molecular formula is C13H18N2O4. The van der Waals surface area contributed by atoms with Crippen molar-refractivity contribution in [1.29, 1.82) is 0 Å². The topological polar surface area (TPSA) is 87.6 Å². The van der Waals surface area contributed by atoms with E-state index in [0.717, 1.165) is 25.7 Å². The van der Waals surface area contributed by atoms with Gasteiger partial charge in [-0.25, -0.2) is 0 Å². The van der Waals surface area contributed by atoms with Gasteiger partial charge >= 0.3 is 0 Å². The summed E-state index contributed by atoms with van der Waals surface area (Å²) in [5, 5.41) is 11.0. The molecule has 19 heavy (non-hydrogen) atoms. The Morgan fingerprint density at radius 2 is 2.05 bits per heavy atom. The van der Waals surface area contributed by atoms with Gasteiger partial charge in [-0.1, -0.05) is 0 Å². The van der Waals surface area contributed by atoms with E-state index in [-0.39, 0.29) is 18.3 Å². The normalized spacial score (nSPS) is 15.5. The summed E-state index contributed by atoms with van der Waals surface area (Å²) < 4.78 is 11.0. The molecule has 0 bridgehead atoms. The lowest BCUT2D eigenvalue weighted by Crippen LogP contribution is -2.12. The highest BCUT2D eigenvalue weighted by molar-refractivity contribution is 5.54. The predicted molar refractivity (Wildman–Crippen MR) is 70.4 cm³/mol. The highest BCUT2D eigenvalue weighted by Crippen LogP contribution is 2.36. The fourth-order valence-electron chi connectivity index (χ4n) is 2.36. The Morgan fingerprint density at radius 3 is 2.58 bits per heavy atom. The van der Waals surface area contributed by atoms with Gasteiger partial charge in [-0.15, -0.1) is 0 Å². The molecule has 1 aromatic rings. The van der Waals surface area contributed by atoms with Crippen molar-refractivity contribution in [2.75, 3.05) is 7.11 Å². The van der Waals surface area contributed by atoms with Crippen molar-refractivity contribution in [3.63, 3.8) is 0 Å². The van der Waals surface area contributed by atoms with Crippen LogP contribution in [0.3, 0.4) is 0 Å². The lowest BCUT2D eigenvalue weighted by Gasteiger charge is -2.16. The van der Waals surface area contributed by atoms with E-state index < -0.39 is 4.92 Å². The maximum absolute atomic E-state index is 11.0. The molecule has 104 valence electrons. The van der Waals surface area contributed by atoms with E-state index >= 15 is 0 Å². The van der Waals surface area contributed by atoms with Gasteiger partial charge in [-0.05, 0) is 31.7 Å². The van der Waals surface area contributed by atoms with Crippen molar-refractivity contribution in [2.24, 2.45) is 5.73 Å². The second-order valence-corrected chi connectivity index (χ2v) is 4.62. The average molecular weight is 266 g/mol. The molecule has 0 aliphatic heterocycles. The van der Waals surface area contributed by atoms with Crippen molar-refractivity contribution in [2.45, 2.75) is 38.3 Å². The minimum absolute atomic E-state index is 0.0173. The summed E-state index contributed by atoms with van der Waals surface area (Å²) in [6, 6.07) is 3.00. The minimum Gasteiger partial charge on any atom is -0.493 e. The number of nitro groups is 1. The number of benzene rings is 1. The first-order valence-corrected chi connectivity index (χ1v) is 6.37. The van der Waals surface area contributed by atoms with E-state index in [4.69, 9.17) is 15.2 Å². The van der Waals surface area contributed by atoms with Crippen LogP contribution in [0, 0.1) is 10.1 Å². The van der Waals surface area contributed by atoms with Crippen LogP contribution in [0.25, 0.3) is 0 Å². The van der Waals surface area contributed by atoms with Crippen LogP contribution in [0.1, 0.15) is 31.2 Å². The zero-order valence-corrected chi connectivity index (χ0v) is 10.9. The molecule has 0 radical (unpaired) electrons. The Hall–Kier alpha value is -1.82. The molecule has 1 aliphatic carbocycles. The van der Waals surface area contributed by atoms with Gasteiger partial charge in [0.05, 0.1) is 24.2 Å². The molecule has 0 amide bonds. The van der Waals surface area contributed by atoms with E-state index in [0.29, 0.717) is 17.1 Å². The highest BCUT2D eigenvalue weighted by atomic mass is 16.6. The Balaban J connectivity index is 2.34. The van der Waals surface area contributed by atoms with Crippen LogP contribution < -0.4 is 15.2 Å². The average Bonchev–Trinajstić information content (AvgIpc) is 2.91. The highest BCUT2D eigenvalue weighted by Gasteiger charge is 2.22. The largest absolute Gasteiger partial charge is 0.493 e. The van der Waals surface area contributed by atoms with Crippen LogP contribution >= 0.6 is 0 Å². The Kier molecular flexibility index (Phi) is 4.21. The molecule has 1 aliphatic rings. The number of nitrogens with two attached hydrogens (primary N) is 1. The van der Waals surface area contributed by atoms with Crippen LogP contribution in [-0.2, 0) is 6.54 Å². The first-order chi connectivity index (χ1) is 9.15. The van der Waals surface area contributed by atoms with E-state index in [1.54, 1.807) is 6.07 Å². The summed E-state index contributed by atoms with van der Waals surface area (Å²) >= 11 is 0. The molecule has 0 aromatic heterocycles. The zero-order valence-electron chi connectivity index (χ0n) is 10.9. The number of methoxy groups -OCH3 is 1. The molecule has 0 saturated heterocycles. The van der Waals surface area contributed by atoms with Gasteiger partial charge in [-0.2, -0.15) is 0 Å². The maximum Gasteiger partial charge on any atom is 0.277 e. The van der Waals surface area contributed by atoms with Gasteiger partial charge in [0.15, 0.2) is 11.5 Å². The third-order valence-electron chi connectivity index (χ3n) is 3.38. The predicted octanol–water partition coefficient (Wildman–Crippen LogP) is 2.38. The number of ether oxygens (including phenoxy) is 2. The van der Waals surface area contributed by atoms with E-state index in [9.17, 15) is 10.1 Å². The van der Waals surface area contributed by atoms with Crippen LogP contribution in [0.15, 0.2) is 12.1 Å². The molecule has 1 fully saturated rings. The van der Waals surface area contributed by atoms with Crippen molar-refractivity contribution >= 4 is 5.69 Å². The summed E-state index contributed by atoms with van der Waals surface area (Å²) in [7, 11) is 1.52. The molecule has 6 nitrogen and oxygen atoms in total. The number of hydrogen-bond donors (Lipinski definition) is 1. The van der Waals surface area contributed by atoms with Crippen molar-refractivity contribution in [1.82, 2.24) is 0 Å². The van der Waals surface area contributed by atoms with Crippen molar-refractivity contribution in [3.05, 3.63) is 27.8 Å². The van der Waals surface area contributed by atoms with Gasteiger partial charge in [0, 0.05) is 12.1 Å². The van der Waals surface area contributed by atoms with E-state index in [1.165, 1.54) is 13.2 Å². The molecule has 1 saturated carbocycles. The Labute approximate surface area is 111 Å². The summed E-state index contributed by atoms with van der Waals surface area (Å²) in [4.78, 5) is 10.6. The number of nitro benzene ring substituents is 1. The summed E-state index contributed by atoms with van der Waals surface area (Å²) in [5.41, 5.74) is 5.95. The Bertz CT molecular complexity index is 470. The quantitative estimate of drug-likeness (QED) is 0.653. The molecule has 6 heteroatoms. The fourth-order valence-corrected chi connectivity index (χ4v) is 2.36. The van der Waals surface area contributed by atoms with Crippen LogP contribution in [0.5, 0.6) is 11.5 Å². The summed E-state index contributed by atoms with van der Waals surface area (Å²) in [6.45, 7) is 0.0936. The number of rotatable bonds is 5. The van der Waals surface area contributed by atoms with Gasteiger partial charge in [-0.3, -0.25) is 10.1 Å². The lowest BCUT2D eigenvalue weighted by molar-refractivity contribution is -0.385. The van der Waals surface area contributed by atoms with Crippen LogP contribution in [-0.4, -0.2) is 18.1 Å². The zero-order chi connectivity index (χ0) is 13.8. The van der Waals surface area contributed by atoms with Gasteiger partial charge < -0.3 is 15.2 Å². The first-order valence-electron chi connectivity index (χ1n) is 6.37. The van der Waals surface area contributed by atoms with Gasteiger partial charge in [0.1, 0.15) is 0 Å². The third-order valence-corrected chi connectivity index (χ3v) is 3.38. The number of nitrogens with zero attached hydrogens (tertiary/aromatic N) is 1. The van der Waals surface area contributed by atoms with Gasteiger partial charge in [0.2, 0.25) is 0 Å². The molecule has 0 heterocycles. The minimum atomic E-state index is -0.441. The monoisotopic (exact) mass is 266 g/mol. The molecular weight excluding hydrogens is 248 g/mol. The second-order valence-electron chi connectivity index (χ2n) is 4.62. The standard InChI is InChI=1S/C13H18N2O4/c1-18-12-6-9(8-14)11(15(16)17)7-13(12)19-10-4-2-3-5-10/h6-7,10H,2-5,8,14H2,1H3. The molecule has 0 spiro atoms. The van der Waals surface area contributed by atoms with Crippen molar-refractivity contribution < 1.29 is 14.4 Å². The van der Waals surface area contributed by atoms with Gasteiger partial charge in [0.25, 0.3) is 5.69 Å². The van der Waals surface area contributed by atoms with Crippen molar-refractivity contribution in [3.8, 4) is 11.5 Å². The smallest absolute Gasteiger partial charge is 0.277 e. The van der Waals surface area contributed by atoms with E-state index in [1.807, 2.05) is 0 Å². The maximum atomic E-state index is 11.0. The molecule has 1 aromatic carbocycles. The lowest BCUT2D eigenvalue weighted by atomic mass is 10.1. The first kappa shape index (κ1) is 13.6. The molecule has 2 rings (SSSR count). The summed E-state index contributed by atoms with van der Waals surface area (Å²) in [5.74, 6) is 0.927. The fraction of sp³-hybridized carbons (Fsp3) is 0.538. The SMILES string of the molecule is COc1cc(CN)c([N+](=O)[O-])cc1OC1CCCC1. The summed E-state index contributed by atoms with van der Waals surface area (Å²) in [6.07, 6.45) is 4.36. The Morgan fingerprint density at radius 1 is 1.37 bits per heavy atom. The molecule has 2 N–H and O–H groups in total. The van der Waals surface area contributed by atoms with E-state index in [2.05, 4.69) is 0 Å². The number of hydrogen-bond acceptors (Lipinski definition) is 5. The third kappa shape index (κ3) is 2.96. The molecule has 0 atom stereocenters. The van der Waals surface area contributed by atoms with Crippen LogP contribution in [0.2, 0.25) is 0 Å².